The van der Waals surface area contributed by atoms with Gasteiger partial charge in [-0.2, -0.15) is 8.78 Å². The van der Waals surface area contributed by atoms with Crippen molar-refractivity contribution in [2.45, 2.75) is 6.61 Å². The number of aromatic amines is 1. The van der Waals surface area contributed by atoms with Gasteiger partial charge in [-0.3, -0.25) is 4.79 Å². The standard InChI is InChI=1S/C11H6F3N3O4/c12-5-1-4(21-11(13)14)3-15-8(5)9-16-6(10(19)20)2-7(18)17-9/h1-3,11H,(H,19,20)(H,16,17,18). The number of alkyl halides is 2. The summed E-state index contributed by atoms with van der Waals surface area (Å²) in [5.74, 6) is -3.57. The number of aromatic carboxylic acids is 1. The number of nitrogens with zero attached hydrogens (tertiary/aromatic N) is 2. The van der Waals surface area contributed by atoms with Crippen LogP contribution in [0.4, 0.5) is 13.2 Å². The third-order valence-electron chi connectivity index (χ3n) is 2.23. The molecule has 2 rings (SSSR count). The minimum Gasteiger partial charge on any atom is -0.477 e. The fourth-order valence-corrected chi connectivity index (χ4v) is 1.44. The Morgan fingerprint density at radius 2 is 2.10 bits per heavy atom. The number of hydrogen-bond donors (Lipinski definition) is 2. The van der Waals surface area contributed by atoms with Crippen molar-refractivity contribution in [1.29, 1.82) is 0 Å². The van der Waals surface area contributed by atoms with Gasteiger partial charge in [0, 0.05) is 12.1 Å². The van der Waals surface area contributed by atoms with E-state index in [1.165, 1.54) is 0 Å². The number of rotatable bonds is 4. The molecule has 10 heteroatoms. The van der Waals surface area contributed by atoms with E-state index in [1.54, 1.807) is 0 Å². The monoisotopic (exact) mass is 301 g/mol. The van der Waals surface area contributed by atoms with E-state index in [0.29, 0.717) is 12.1 Å². The summed E-state index contributed by atoms with van der Waals surface area (Å²) in [6.45, 7) is -3.15. The number of H-pyrrole nitrogens is 1. The van der Waals surface area contributed by atoms with Gasteiger partial charge in [-0.05, 0) is 0 Å². The predicted molar refractivity (Wildman–Crippen MR) is 61.6 cm³/mol. The summed E-state index contributed by atoms with van der Waals surface area (Å²) in [7, 11) is 0. The zero-order valence-corrected chi connectivity index (χ0v) is 10.0. The van der Waals surface area contributed by atoms with Crippen LogP contribution < -0.4 is 10.3 Å². The van der Waals surface area contributed by atoms with Crippen LogP contribution in [0, 0.1) is 5.82 Å². The molecular weight excluding hydrogens is 295 g/mol. The summed E-state index contributed by atoms with van der Waals surface area (Å²) in [5.41, 5.74) is -1.94. The fourth-order valence-electron chi connectivity index (χ4n) is 1.44. The third-order valence-corrected chi connectivity index (χ3v) is 2.23. The maximum atomic E-state index is 13.8. The lowest BCUT2D eigenvalue weighted by molar-refractivity contribution is -0.0502. The van der Waals surface area contributed by atoms with Crippen molar-refractivity contribution in [3.8, 4) is 17.3 Å². The maximum absolute atomic E-state index is 13.8. The Kier molecular flexibility index (Phi) is 3.87. The van der Waals surface area contributed by atoms with E-state index in [0.717, 1.165) is 6.20 Å². The molecule has 0 aromatic carbocycles. The minimum absolute atomic E-state index is 0.444. The van der Waals surface area contributed by atoms with Gasteiger partial charge in [0.2, 0.25) is 0 Å². The first kappa shape index (κ1) is 14.5. The summed E-state index contributed by atoms with van der Waals surface area (Å²) in [6.07, 6.45) is 0.790. The smallest absolute Gasteiger partial charge is 0.387 e. The fraction of sp³-hybridized carbons (Fsp3) is 0.0909. The van der Waals surface area contributed by atoms with Crippen molar-refractivity contribution in [2.75, 3.05) is 0 Å². The third kappa shape index (κ3) is 3.35. The Balaban J connectivity index is 2.47. The number of ether oxygens (including phenoxy) is 1. The first-order chi connectivity index (χ1) is 9.86. The molecule has 2 N–H and O–H groups in total. The second-order valence-corrected chi connectivity index (χ2v) is 3.66. The van der Waals surface area contributed by atoms with Crippen LogP contribution in [0.5, 0.6) is 5.75 Å². The first-order valence-corrected chi connectivity index (χ1v) is 5.32. The highest BCUT2D eigenvalue weighted by atomic mass is 19.3. The Morgan fingerprint density at radius 1 is 1.38 bits per heavy atom. The lowest BCUT2D eigenvalue weighted by Crippen LogP contribution is -2.14. The molecule has 0 unspecified atom stereocenters. The van der Waals surface area contributed by atoms with E-state index in [-0.39, 0.29) is 0 Å². The molecule has 21 heavy (non-hydrogen) atoms. The van der Waals surface area contributed by atoms with Crippen molar-refractivity contribution in [3.63, 3.8) is 0 Å². The molecule has 2 heterocycles. The second-order valence-electron chi connectivity index (χ2n) is 3.66. The predicted octanol–water partition coefficient (Wildman–Crippen LogP) is 1.27. The van der Waals surface area contributed by atoms with E-state index < -0.39 is 46.9 Å². The van der Waals surface area contributed by atoms with Crippen molar-refractivity contribution in [2.24, 2.45) is 0 Å². The molecule has 0 aliphatic carbocycles. The molecule has 0 atom stereocenters. The highest BCUT2D eigenvalue weighted by Gasteiger charge is 2.15. The number of carboxylic acid groups (broad SMARTS) is 1. The molecular formula is C11H6F3N3O4. The zero-order chi connectivity index (χ0) is 15.6. The van der Waals surface area contributed by atoms with Gasteiger partial charge in [0.25, 0.3) is 5.56 Å². The van der Waals surface area contributed by atoms with Gasteiger partial charge in [-0.25, -0.2) is 19.2 Å². The molecule has 0 amide bonds. The molecule has 0 fully saturated rings. The van der Waals surface area contributed by atoms with E-state index in [2.05, 4.69) is 19.7 Å². The number of nitrogens with one attached hydrogen (secondary N) is 1. The highest BCUT2D eigenvalue weighted by molar-refractivity contribution is 5.85. The number of carboxylic acids is 1. The minimum atomic E-state index is -3.15. The van der Waals surface area contributed by atoms with Crippen LogP contribution in [0.1, 0.15) is 10.5 Å². The summed E-state index contributed by atoms with van der Waals surface area (Å²) >= 11 is 0. The first-order valence-electron chi connectivity index (χ1n) is 5.32. The SMILES string of the molecule is O=C(O)c1cc(=O)[nH]c(-c2ncc(OC(F)F)cc2F)n1. The van der Waals surface area contributed by atoms with E-state index in [9.17, 15) is 22.8 Å². The van der Waals surface area contributed by atoms with Crippen LogP contribution in [-0.2, 0) is 0 Å². The van der Waals surface area contributed by atoms with Gasteiger partial charge >= 0.3 is 12.6 Å². The Bertz CT molecular complexity index is 748. The topological polar surface area (TPSA) is 105 Å². The van der Waals surface area contributed by atoms with E-state index >= 15 is 0 Å². The van der Waals surface area contributed by atoms with Crippen LogP contribution in [0.25, 0.3) is 11.5 Å². The van der Waals surface area contributed by atoms with Crippen LogP contribution in [0.2, 0.25) is 0 Å². The number of halogens is 3. The van der Waals surface area contributed by atoms with Crippen molar-refractivity contribution >= 4 is 5.97 Å². The van der Waals surface area contributed by atoms with Gasteiger partial charge in [0.1, 0.15) is 11.4 Å². The number of pyridine rings is 1. The summed E-state index contributed by atoms with van der Waals surface area (Å²) in [5, 5.41) is 8.76. The Hall–Kier alpha value is -2.91. The zero-order valence-electron chi connectivity index (χ0n) is 10.0. The normalized spacial score (nSPS) is 10.7. The van der Waals surface area contributed by atoms with Crippen molar-refractivity contribution < 1.29 is 27.8 Å². The molecule has 0 aliphatic heterocycles. The Labute approximate surface area is 114 Å². The van der Waals surface area contributed by atoms with Crippen LogP contribution in [0.15, 0.2) is 23.1 Å². The van der Waals surface area contributed by atoms with Crippen LogP contribution in [0.3, 0.4) is 0 Å². The molecule has 0 saturated heterocycles. The van der Waals surface area contributed by atoms with Crippen LogP contribution >= 0.6 is 0 Å². The average Bonchev–Trinajstić information content (AvgIpc) is 2.37. The number of hydrogen-bond acceptors (Lipinski definition) is 5. The van der Waals surface area contributed by atoms with Gasteiger partial charge in [-0.1, -0.05) is 0 Å². The molecule has 0 saturated carbocycles. The second kappa shape index (κ2) is 5.61. The average molecular weight is 301 g/mol. The quantitative estimate of drug-likeness (QED) is 0.881. The number of carbonyl (C=O) groups is 1. The summed E-state index contributed by atoms with van der Waals surface area (Å²) in [4.78, 5) is 31.1. The van der Waals surface area contributed by atoms with Gasteiger partial charge < -0.3 is 14.8 Å². The lowest BCUT2D eigenvalue weighted by atomic mass is 10.3. The molecule has 0 aliphatic rings. The molecule has 0 bridgehead atoms. The summed E-state index contributed by atoms with van der Waals surface area (Å²) < 4.78 is 41.6. The van der Waals surface area contributed by atoms with Crippen LogP contribution in [-0.4, -0.2) is 32.6 Å². The largest absolute Gasteiger partial charge is 0.477 e. The van der Waals surface area contributed by atoms with E-state index in [1.807, 2.05) is 0 Å². The lowest BCUT2D eigenvalue weighted by Gasteiger charge is -2.06. The molecule has 2 aromatic rings. The van der Waals surface area contributed by atoms with Gasteiger partial charge in [0.15, 0.2) is 17.3 Å². The molecule has 0 radical (unpaired) electrons. The highest BCUT2D eigenvalue weighted by Crippen LogP contribution is 2.21. The van der Waals surface area contributed by atoms with Gasteiger partial charge in [-0.15, -0.1) is 0 Å². The number of aromatic nitrogens is 3. The maximum Gasteiger partial charge on any atom is 0.387 e. The molecule has 2 aromatic heterocycles. The van der Waals surface area contributed by atoms with Gasteiger partial charge in [0.05, 0.1) is 6.20 Å². The van der Waals surface area contributed by atoms with Crippen molar-refractivity contribution in [3.05, 3.63) is 40.2 Å². The van der Waals surface area contributed by atoms with Crippen molar-refractivity contribution in [1.82, 2.24) is 15.0 Å². The molecule has 110 valence electrons. The van der Waals surface area contributed by atoms with E-state index in [4.69, 9.17) is 5.11 Å². The molecule has 7 nitrogen and oxygen atoms in total. The summed E-state index contributed by atoms with van der Waals surface area (Å²) in [6, 6.07) is 1.32. The Morgan fingerprint density at radius 3 is 2.67 bits per heavy atom. The molecule has 0 spiro atoms.